The summed E-state index contributed by atoms with van der Waals surface area (Å²) in [6, 6.07) is 4.62. The van der Waals surface area contributed by atoms with Gasteiger partial charge in [-0.05, 0) is 44.8 Å². The Labute approximate surface area is 139 Å². The zero-order chi connectivity index (χ0) is 16.1. The molecule has 0 saturated carbocycles. The van der Waals surface area contributed by atoms with Crippen LogP contribution in [0.15, 0.2) is 18.3 Å². The molecule has 0 unspecified atom stereocenters. The first-order chi connectivity index (χ1) is 11.3. The number of morpholine rings is 1. The van der Waals surface area contributed by atoms with Gasteiger partial charge in [-0.3, -0.25) is 14.8 Å². The highest BCUT2D eigenvalue weighted by molar-refractivity contribution is 5.22. The lowest BCUT2D eigenvalue weighted by Crippen LogP contribution is -2.48. The van der Waals surface area contributed by atoms with Crippen molar-refractivity contribution in [2.45, 2.75) is 32.4 Å². The monoisotopic (exact) mass is 319 g/mol. The van der Waals surface area contributed by atoms with Crippen molar-refractivity contribution in [3.05, 3.63) is 24.0 Å². The summed E-state index contributed by atoms with van der Waals surface area (Å²) < 4.78 is 10.8. The van der Waals surface area contributed by atoms with Gasteiger partial charge in [-0.2, -0.15) is 0 Å². The molecule has 0 aliphatic carbocycles. The molecule has 23 heavy (non-hydrogen) atoms. The highest BCUT2D eigenvalue weighted by Gasteiger charge is 2.28. The standard InChI is InChI=1S/C18H29N3O2/c1-15(21-9-11-23-12-10-21)16-4-7-20(8-5-16)14-17-13-18(22-2)3-6-19-17/h3,6,13,15-16H,4-5,7-12,14H2,1-2H3/t15-/m1/s1. The topological polar surface area (TPSA) is 37.8 Å². The van der Waals surface area contributed by atoms with E-state index in [0.717, 1.165) is 63.3 Å². The Bertz CT molecular complexity index is 483. The largest absolute Gasteiger partial charge is 0.497 e. The van der Waals surface area contributed by atoms with E-state index in [1.807, 2.05) is 18.3 Å². The number of rotatable bonds is 5. The highest BCUT2D eigenvalue weighted by atomic mass is 16.5. The number of hydrogen-bond acceptors (Lipinski definition) is 5. The molecule has 2 fully saturated rings. The van der Waals surface area contributed by atoms with E-state index in [1.54, 1.807) is 7.11 Å². The molecule has 2 saturated heterocycles. The number of aromatic nitrogens is 1. The van der Waals surface area contributed by atoms with Gasteiger partial charge in [0, 0.05) is 37.9 Å². The average Bonchev–Trinajstić information content (AvgIpc) is 2.63. The van der Waals surface area contributed by atoms with Gasteiger partial charge in [0.05, 0.1) is 26.0 Å². The van der Waals surface area contributed by atoms with Crippen molar-refractivity contribution < 1.29 is 9.47 Å². The number of piperidine rings is 1. The van der Waals surface area contributed by atoms with Gasteiger partial charge in [-0.1, -0.05) is 0 Å². The zero-order valence-electron chi connectivity index (χ0n) is 14.4. The summed E-state index contributed by atoms with van der Waals surface area (Å²) in [5, 5.41) is 0. The molecule has 128 valence electrons. The number of likely N-dealkylation sites (tertiary alicyclic amines) is 1. The maximum Gasteiger partial charge on any atom is 0.122 e. The zero-order valence-corrected chi connectivity index (χ0v) is 14.4. The van der Waals surface area contributed by atoms with Crippen molar-refractivity contribution in [3.63, 3.8) is 0 Å². The molecule has 2 aliphatic heterocycles. The van der Waals surface area contributed by atoms with E-state index < -0.39 is 0 Å². The molecule has 3 rings (SSSR count). The predicted octanol–water partition coefficient (Wildman–Crippen LogP) is 2.02. The van der Waals surface area contributed by atoms with E-state index in [9.17, 15) is 0 Å². The molecule has 0 aromatic carbocycles. The normalized spacial score (nSPS) is 22.9. The Hall–Kier alpha value is -1.17. The molecule has 3 heterocycles. The molecule has 0 amide bonds. The maximum atomic E-state index is 5.47. The van der Waals surface area contributed by atoms with Gasteiger partial charge in [0.25, 0.3) is 0 Å². The van der Waals surface area contributed by atoms with Crippen molar-refractivity contribution in [2.75, 3.05) is 46.5 Å². The van der Waals surface area contributed by atoms with Crippen LogP contribution < -0.4 is 4.74 Å². The van der Waals surface area contributed by atoms with Crippen LogP contribution in [0.5, 0.6) is 5.75 Å². The van der Waals surface area contributed by atoms with Crippen LogP contribution in [0.3, 0.4) is 0 Å². The van der Waals surface area contributed by atoms with E-state index in [-0.39, 0.29) is 0 Å². The Morgan fingerprint density at radius 1 is 1.26 bits per heavy atom. The van der Waals surface area contributed by atoms with Crippen LogP contribution in [0.1, 0.15) is 25.5 Å². The number of ether oxygens (including phenoxy) is 2. The molecule has 0 spiro atoms. The summed E-state index contributed by atoms with van der Waals surface area (Å²) in [5.74, 6) is 1.70. The first kappa shape index (κ1) is 16.7. The predicted molar refractivity (Wildman–Crippen MR) is 90.6 cm³/mol. The van der Waals surface area contributed by atoms with Crippen molar-refractivity contribution >= 4 is 0 Å². The summed E-state index contributed by atoms with van der Waals surface area (Å²) in [7, 11) is 1.71. The van der Waals surface area contributed by atoms with Crippen molar-refractivity contribution in [1.29, 1.82) is 0 Å². The van der Waals surface area contributed by atoms with Crippen molar-refractivity contribution in [1.82, 2.24) is 14.8 Å². The summed E-state index contributed by atoms with van der Waals surface area (Å²) >= 11 is 0. The fourth-order valence-electron chi connectivity index (χ4n) is 3.77. The van der Waals surface area contributed by atoms with Crippen LogP contribution in [-0.4, -0.2) is 67.3 Å². The summed E-state index contributed by atoms with van der Waals surface area (Å²) in [6.07, 6.45) is 4.40. The molecule has 1 atom stereocenters. The SMILES string of the molecule is COc1ccnc(CN2CCC([C@@H](C)N3CCOCC3)CC2)c1. The van der Waals surface area contributed by atoms with E-state index >= 15 is 0 Å². The van der Waals surface area contributed by atoms with E-state index in [4.69, 9.17) is 9.47 Å². The second-order valence-corrected chi connectivity index (χ2v) is 6.69. The Morgan fingerprint density at radius 3 is 2.70 bits per heavy atom. The minimum Gasteiger partial charge on any atom is -0.497 e. The van der Waals surface area contributed by atoms with Gasteiger partial charge in [0.1, 0.15) is 5.75 Å². The number of nitrogens with zero attached hydrogens (tertiary/aromatic N) is 3. The lowest BCUT2D eigenvalue weighted by atomic mass is 9.89. The van der Waals surface area contributed by atoms with Gasteiger partial charge in [-0.25, -0.2) is 0 Å². The average molecular weight is 319 g/mol. The minimum atomic E-state index is 0.677. The van der Waals surface area contributed by atoms with Gasteiger partial charge in [-0.15, -0.1) is 0 Å². The van der Waals surface area contributed by atoms with Crippen LogP contribution in [0.4, 0.5) is 0 Å². The van der Waals surface area contributed by atoms with Crippen molar-refractivity contribution in [2.24, 2.45) is 5.92 Å². The first-order valence-corrected chi connectivity index (χ1v) is 8.79. The Kier molecular flexibility index (Phi) is 5.86. The third-order valence-corrected chi connectivity index (χ3v) is 5.35. The van der Waals surface area contributed by atoms with E-state index in [1.165, 1.54) is 12.8 Å². The van der Waals surface area contributed by atoms with Gasteiger partial charge in [0.15, 0.2) is 0 Å². The second kappa shape index (κ2) is 8.08. The summed E-state index contributed by atoms with van der Waals surface area (Å²) in [6.45, 7) is 9.63. The quantitative estimate of drug-likeness (QED) is 0.830. The number of hydrogen-bond donors (Lipinski definition) is 0. The number of pyridine rings is 1. The number of methoxy groups -OCH3 is 1. The molecule has 0 N–H and O–H groups in total. The molecule has 0 bridgehead atoms. The second-order valence-electron chi connectivity index (χ2n) is 6.69. The third kappa shape index (κ3) is 4.43. The van der Waals surface area contributed by atoms with E-state index in [2.05, 4.69) is 21.7 Å². The first-order valence-electron chi connectivity index (χ1n) is 8.79. The minimum absolute atomic E-state index is 0.677. The van der Waals surface area contributed by atoms with Crippen LogP contribution in [0, 0.1) is 5.92 Å². The van der Waals surface area contributed by atoms with Crippen LogP contribution in [0.2, 0.25) is 0 Å². The molecular formula is C18H29N3O2. The Balaban J connectivity index is 1.47. The fourth-order valence-corrected chi connectivity index (χ4v) is 3.77. The molecular weight excluding hydrogens is 290 g/mol. The lowest BCUT2D eigenvalue weighted by Gasteiger charge is -2.41. The molecule has 2 aliphatic rings. The maximum absolute atomic E-state index is 5.47. The van der Waals surface area contributed by atoms with Gasteiger partial charge >= 0.3 is 0 Å². The summed E-state index contributed by atoms with van der Waals surface area (Å²) in [5.41, 5.74) is 1.10. The lowest BCUT2D eigenvalue weighted by molar-refractivity contribution is -0.00198. The van der Waals surface area contributed by atoms with Gasteiger partial charge < -0.3 is 9.47 Å². The van der Waals surface area contributed by atoms with E-state index in [0.29, 0.717) is 6.04 Å². The fraction of sp³-hybridized carbons (Fsp3) is 0.722. The molecule has 1 aromatic heterocycles. The van der Waals surface area contributed by atoms with Gasteiger partial charge in [0.2, 0.25) is 0 Å². The molecule has 5 heteroatoms. The highest BCUT2D eigenvalue weighted by Crippen LogP contribution is 2.25. The van der Waals surface area contributed by atoms with Crippen LogP contribution >= 0.6 is 0 Å². The van der Waals surface area contributed by atoms with Crippen LogP contribution in [-0.2, 0) is 11.3 Å². The molecule has 0 radical (unpaired) electrons. The summed E-state index contributed by atoms with van der Waals surface area (Å²) in [4.78, 5) is 9.59. The van der Waals surface area contributed by atoms with Crippen molar-refractivity contribution in [3.8, 4) is 5.75 Å². The Morgan fingerprint density at radius 2 is 2.00 bits per heavy atom. The smallest absolute Gasteiger partial charge is 0.122 e. The van der Waals surface area contributed by atoms with Crippen LogP contribution in [0.25, 0.3) is 0 Å². The molecule has 5 nitrogen and oxygen atoms in total. The third-order valence-electron chi connectivity index (χ3n) is 5.35. The molecule has 1 aromatic rings.